The summed E-state index contributed by atoms with van der Waals surface area (Å²) in [7, 11) is -3.11. The summed E-state index contributed by atoms with van der Waals surface area (Å²) < 4.78 is 23.3. The Bertz CT molecular complexity index is 750. The number of fused-ring (bicyclic) bond motifs is 1. The Hall–Kier alpha value is -1.60. The summed E-state index contributed by atoms with van der Waals surface area (Å²) in [6, 6.07) is 6.80. The fourth-order valence-electron chi connectivity index (χ4n) is 1.96. The maximum atomic E-state index is 12.1. The Morgan fingerprint density at radius 1 is 1.40 bits per heavy atom. The number of nitrogens with two attached hydrogens (primary N) is 1. The second kappa shape index (κ2) is 5.41. The van der Waals surface area contributed by atoms with Gasteiger partial charge in [-0.2, -0.15) is 0 Å². The number of hydrogen-bond donors (Lipinski definition) is 2. The van der Waals surface area contributed by atoms with Gasteiger partial charge in [0.05, 0.1) is 10.6 Å². The lowest BCUT2D eigenvalue weighted by Crippen LogP contribution is -2.36. The molecule has 0 aliphatic carbocycles. The summed E-state index contributed by atoms with van der Waals surface area (Å²) in [6.45, 7) is 1.67. The smallest absolute Gasteiger partial charge is 0.261 e. The molecule has 0 saturated carbocycles. The normalized spacial score (nSPS) is 13.3. The van der Waals surface area contributed by atoms with Crippen molar-refractivity contribution >= 4 is 42.9 Å². The molecule has 1 heterocycles. The van der Waals surface area contributed by atoms with Crippen molar-refractivity contribution in [2.45, 2.75) is 13.0 Å². The maximum absolute atomic E-state index is 12.1. The van der Waals surface area contributed by atoms with Gasteiger partial charge in [-0.05, 0) is 36.6 Å². The third-order valence-corrected chi connectivity index (χ3v) is 4.91. The van der Waals surface area contributed by atoms with Crippen molar-refractivity contribution in [2.24, 2.45) is 0 Å². The van der Waals surface area contributed by atoms with E-state index in [9.17, 15) is 13.2 Å². The van der Waals surface area contributed by atoms with Gasteiger partial charge in [0.2, 0.25) is 0 Å². The zero-order valence-electron chi connectivity index (χ0n) is 11.2. The molecule has 1 aromatic heterocycles. The van der Waals surface area contributed by atoms with Crippen LogP contribution in [-0.4, -0.2) is 32.4 Å². The monoisotopic (exact) mass is 312 g/mol. The number of carbonyl (C=O) groups is 1. The Morgan fingerprint density at radius 2 is 2.10 bits per heavy atom. The third kappa shape index (κ3) is 3.71. The lowest BCUT2D eigenvalue weighted by Gasteiger charge is -2.11. The van der Waals surface area contributed by atoms with E-state index in [0.717, 1.165) is 16.3 Å². The molecule has 1 amide bonds. The van der Waals surface area contributed by atoms with Crippen molar-refractivity contribution in [1.82, 2.24) is 5.32 Å². The topological polar surface area (TPSA) is 89.3 Å². The van der Waals surface area contributed by atoms with Crippen molar-refractivity contribution in [3.05, 3.63) is 29.1 Å². The molecule has 0 bridgehead atoms. The first-order valence-electron chi connectivity index (χ1n) is 6.02. The maximum Gasteiger partial charge on any atom is 0.261 e. The van der Waals surface area contributed by atoms with E-state index in [2.05, 4.69) is 5.32 Å². The van der Waals surface area contributed by atoms with Crippen molar-refractivity contribution in [3.63, 3.8) is 0 Å². The first-order valence-corrected chi connectivity index (χ1v) is 8.90. The van der Waals surface area contributed by atoms with Gasteiger partial charge in [0, 0.05) is 22.7 Å². The van der Waals surface area contributed by atoms with Gasteiger partial charge in [0.1, 0.15) is 9.84 Å². The standard InChI is InChI=1S/C13H16N2O3S2/c1-8(7-20(2,17)18)15-13(16)12-6-9-5-10(14)3-4-11(9)19-12/h3-6,8H,7,14H2,1-2H3,(H,15,16). The van der Waals surface area contributed by atoms with E-state index >= 15 is 0 Å². The molecule has 1 unspecified atom stereocenters. The molecule has 0 spiro atoms. The quantitative estimate of drug-likeness (QED) is 0.840. The number of nitrogen functional groups attached to an aromatic ring is 1. The number of thiophene rings is 1. The molecule has 0 radical (unpaired) electrons. The molecule has 5 nitrogen and oxygen atoms in total. The molecule has 108 valence electrons. The average Bonchev–Trinajstić information content (AvgIpc) is 2.68. The summed E-state index contributed by atoms with van der Waals surface area (Å²) in [5, 5.41) is 3.60. The Kier molecular flexibility index (Phi) is 4.01. The van der Waals surface area contributed by atoms with Crippen molar-refractivity contribution in [1.29, 1.82) is 0 Å². The Labute approximate surface area is 121 Å². The van der Waals surface area contributed by atoms with Crippen LogP contribution in [0.25, 0.3) is 10.1 Å². The molecule has 2 rings (SSSR count). The van der Waals surface area contributed by atoms with Crippen LogP contribution in [0.5, 0.6) is 0 Å². The molecule has 0 saturated heterocycles. The molecule has 20 heavy (non-hydrogen) atoms. The number of anilines is 1. The van der Waals surface area contributed by atoms with Gasteiger partial charge in [0.25, 0.3) is 5.91 Å². The van der Waals surface area contributed by atoms with Gasteiger partial charge in [-0.15, -0.1) is 11.3 Å². The minimum atomic E-state index is -3.11. The zero-order chi connectivity index (χ0) is 14.9. The second-order valence-corrected chi connectivity index (χ2v) is 8.14. The van der Waals surface area contributed by atoms with Crippen LogP contribution in [0.3, 0.4) is 0 Å². The number of sulfone groups is 1. The van der Waals surface area contributed by atoms with E-state index in [1.165, 1.54) is 11.3 Å². The summed E-state index contributed by atoms with van der Waals surface area (Å²) in [4.78, 5) is 12.6. The molecule has 7 heteroatoms. The summed E-state index contributed by atoms with van der Waals surface area (Å²) in [6.07, 6.45) is 1.15. The van der Waals surface area contributed by atoms with E-state index in [1.54, 1.807) is 19.1 Å². The van der Waals surface area contributed by atoms with Crippen LogP contribution >= 0.6 is 11.3 Å². The SMILES string of the molecule is CC(CS(C)(=O)=O)NC(=O)c1cc2cc(N)ccc2s1. The summed E-state index contributed by atoms with van der Waals surface area (Å²) >= 11 is 1.36. The van der Waals surface area contributed by atoms with Crippen LogP contribution in [-0.2, 0) is 9.84 Å². The van der Waals surface area contributed by atoms with E-state index < -0.39 is 15.9 Å². The van der Waals surface area contributed by atoms with Crippen LogP contribution in [0, 0.1) is 0 Å². The fourth-order valence-corrected chi connectivity index (χ4v) is 3.90. The zero-order valence-corrected chi connectivity index (χ0v) is 12.8. The lowest BCUT2D eigenvalue weighted by molar-refractivity contribution is 0.0948. The van der Waals surface area contributed by atoms with Gasteiger partial charge in [-0.3, -0.25) is 4.79 Å². The molecule has 1 atom stereocenters. The van der Waals surface area contributed by atoms with Gasteiger partial charge in [0.15, 0.2) is 0 Å². The van der Waals surface area contributed by atoms with Crippen LogP contribution < -0.4 is 11.1 Å². The average molecular weight is 312 g/mol. The van der Waals surface area contributed by atoms with Gasteiger partial charge >= 0.3 is 0 Å². The molecule has 1 aromatic carbocycles. The van der Waals surface area contributed by atoms with Crippen molar-refractivity contribution in [2.75, 3.05) is 17.7 Å². The highest BCUT2D eigenvalue weighted by atomic mass is 32.2. The number of rotatable bonds is 4. The highest BCUT2D eigenvalue weighted by Gasteiger charge is 2.16. The third-order valence-electron chi connectivity index (χ3n) is 2.69. The Balaban J connectivity index is 2.15. The van der Waals surface area contributed by atoms with Gasteiger partial charge < -0.3 is 11.1 Å². The summed E-state index contributed by atoms with van der Waals surface area (Å²) in [5.74, 6) is -0.336. The predicted molar refractivity (Wildman–Crippen MR) is 82.9 cm³/mol. The molecule has 2 aromatic rings. The number of nitrogens with one attached hydrogen (secondary N) is 1. The largest absolute Gasteiger partial charge is 0.399 e. The van der Waals surface area contributed by atoms with Crippen LogP contribution in [0.2, 0.25) is 0 Å². The first kappa shape index (κ1) is 14.8. The minimum Gasteiger partial charge on any atom is -0.399 e. The summed E-state index contributed by atoms with van der Waals surface area (Å²) in [5.41, 5.74) is 6.34. The molecular formula is C13H16N2O3S2. The van der Waals surface area contributed by atoms with E-state index in [0.29, 0.717) is 10.6 Å². The highest BCUT2D eigenvalue weighted by molar-refractivity contribution is 7.90. The fraction of sp³-hybridized carbons (Fsp3) is 0.308. The minimum absolute atomic E-state index is 0.0728. The lowest BCUT2D eigenvalue weighted by atomic mass is 10.2. The van der Waals surface area contributed by atoms with E-state index in [4.69, 9.17) is 5.73 Å². The van der Waals surface area contributed by atoms with Gasteiger partial charge in [-0.25, -0.2) is 8.42 Å². The Morgan fingerprint density at radius 3 is 2.75 bits per heavy atom. The predicted octanol–water partition coefficient (Wildman–Crippen LogP) is 1.65. The number of amides is 1. The molecule has 0 aliphatic rings. The molecule has 0 fully saturated rings. The highest BCUT2D eigenvalue weighted by Crippen LogP contribution is 2.27. The molecular weight excluding hydrogens is 296 g/mol. The van der Waals surface area contributed by atoms with E-state index in [1.807, 2.05) is 12.1 Å². The molecule has 0 aliphatic heterocycles. The molecule has 3 N–H and O–H groups in total. The number of benzene rings is 1. The van der Waals surface area contributed by atoms with Crippen molar-refractivity contribution < 1.29 is 13.2 Å². The first-order chi connectivity index (χ1) is 9.24. The van der Waals surface area contributed by atoms with Crippen LogP contribution in [0.4, 0.5) is 5.69 Å². The number of carbonyl (C=O) groups excluding carboxylic acids is 1. The van der Waals surface area contributed by atoms with E-state index in [-0.39, 0.29) is 11.7 Å². The van der Waals surface area contributed by atoms with Crippen LogP contribution in [0.1, 0.15) is 16.6 Å². The van der Waals surface area contributed by atoms with Crippen molar-refractivity contribution in [3.8, 4) is 0 Å². The van der Waals surface area contributed by atoms with Crippen LogP contribution in [0.15, 0.2) is 24.3 Å². The second-order valence-electron chi connectivity index (χ2n) is 4.87. The van der Waals surface area contributed by atoms with Gasteiger partial charge in [-0.1, -0.05) is 0 Å². The number of hydrogen-bond acceptors (Lipinski definition) is 5.